The summed E-state index contributed by atoms with van der Waals surface area (Å²) in [4.78, 5) is 48.7. The van der Waals surface area contributed by atoms with Crippen molar-refractivity contribution in [2.75, 3.05) is 26.4 Å². The largest absolute Gasteiger partial charge is 0.497 e. The van der Waals surface area contributed by atoms with E-state index in [0.717, 1.165) is 33.4 Å². The Balaban J connectivity index is 0.000000772. The Morgan fingerprint density at radius 3 is 0.828 bits per heavy atom. The average Bonchev–Trinajstić information content (AvgIpc) is 3.30. The van der Waals surface area contributed by atoms with Crippen molar-refractivity contribution in [3.05, 3.63) is 202 Å². The Morgan fingerprint density at radius 1 is 0.344 bits per heavy atom. The van der Waals surface area contributed by atoms with Crippen LogP contribution in [0.25, 0.3) is 0 Å². The van der Waals surface area contributed by atoms with Crippen molar-refractivity contribution in [1.29, 1.82) is 0 Å². The normalized spacial score (nSPS) is 13.0. The summed E-state index contributed by atoms with van der Waals surface area (Å²) in [6.45, 7) is 15.1. The standard InChI is InChI=1S/C48H54O5P2.C5H12O4/c1-45(2,35-21-13-9-14-22-35)39-29-31-43(41(33-39)47(5,6)37-25-17-11-18-26-37)54(49,50)53-55(51,52)44-32-30-40(46(3,4)36-23-15-10-16-24-36)34-42(44)48(7,8)38-27-19-12-20-28-38;6-1-5(2-7,3-8)4-9/h9-34,49-52H,1-8H3;6-9H,1-4H2/q+2;. The molecule has 8 N–H and O–H groups in total. The summed E-state index contributed by atoms with van der Waals surface area (Å²) in [6.07, 6.45) is 0. The molecule has 0 spiro atoms. The van der Waals surface area contributed by atoms with Crippen molar-refractivity contribution in [2.45, 2.75) is 77.0 Å². The zero-order valence-electron chi connectivity index (χ0n) is 38.2. The maximum absolute atomic E-state index is 12.2. The molecule has 0 saturated heterocycles. The van der Waals surface area contributed by atoms with Crippen LogP contribution in [0.15, 0.2) is 158 Å². The molecule has 64 heavy (non-hydrogen) atoms. The first kappa shape index (κ1) is 50.8. The molecule has 0 radical (unpaired) electrons. The Morgan fingerprint density at radius 2 is 0.594 bits per heavy atom. The first-order valence-corrected chi connectivity index (χ1v) is 24.6. The highest BCUT2D eigenvalue weighted by Gasteiger charge is 2.61. The SMILES string of the molecule is CC(C)(c1ccccc1)c1ccc([P+](O)(O)O[P+](O)(O)c2ccc(C(C)(C)c3ccccc3)cc2C(C)(C)c2ccccc2)c(C(C)(C)c2ccccc2)c1.OCC(CO)(CO)CO. The van der Waals surface area contributed by atoms with E-state index in [4.69, 9.17) is 24.7 Å². The molecule has 11 heteroatoms. The van der Waals surface area contributed by atoms with Crippen molar-refractivity contribution < 1.29 is 44.3 Å². The first-order valence-electron chi connectivity index (χ1n) is 21.4. The van der Waals surface area contributed by atoms with Crippen LogP contribution < -0.4 is 10.6 Å². The van der Waals surface area contributed by atoms with Gasteiger partial charge in [-0.2, -0.15) is 19.6 Å². The van der Waals surface area contributed by atoms with Crippen molar-refractivity contribution >= 4 is 26.5 Å². The number of hydrogen-bond acceptors (Lipinski definition) is 9. The maximum atomic E-state index is 12.2. The molecule has 340 valence electrons. The van der Waals surface area contributed by atoms with Crippen LogP contribution in [0.2, 0.25) is 0 Å². The predicted molar refractivity (Wildman–Crippen MR) is 261 cm³/mol. The van der Waals surface area contributed by atoms with E-state index < -0.39 is 69.4 Å². The molecule has 6 rings (SSSR count). The molecule has 0 saturated carbocycles. The van der Waals surface area contributed by atoms with Crippen molar-refractivity contribution in [1.82, 2.24) is 0 Å². The summed E-state index contributed by atoms with van der Waals surface area (Å²) in [5.41, 5.74) is 3.93. The van der Waals surface area contributed by atoms with Crippen molar-refractivity contribution in [3.8, 4) is 0 Å². The molecule has 0 fully saturated rings. The van der Waals surface area contributed by atoms with Gasteiger partial charge in [0.05, 0.1) is 31.8 Å². The van der Waals surface area contributed by atoms with E-state index in [0.29, 0.717) is 11.1 Å². The topological polar surface area (TPSA) is 171 Å². The van der Waals surface area contributed by atoms with Gasteiger partial charge >= 0.3 is 15.9 Å². The van der Waals surface area contributed by atoms with Crippen LogP contribution in [0.3, 0.4) is 0 Å². The number of benzene rings is 6. The van der Waals surface area contributed by atoms with Gasteiger partial charge in [-0.1, -0.05) is 189 Å². The predicted octanol–water partition coefficient (Wildman–Crippen LogP) is 8.39. The third-order valence-electron chi connectivity index (χ3n) is 13.0. The van der Waals surface area contributed by atoms with Gasteiger partial charge in [0.25, 0.3) is 0 Å². The summed E-state index contributed by atoms with van der Waals surface area (Å²) < 4.78 is 6.01. The Labute approximate surface area is 380 Å². The molecule has 0 aromatic heterocycles. The highest BCUT2D eigenvalue weighted by Crippen LogP contribution is 2.69. The molecule has 0 aliphatic heterocycles. The lowest BCUT2D eigenvalue weighted by Gasteiger charge is -2.33. The molecule has 6 aromatic rings. The molecule has 0 heterocycles. The minimum Gasteiger partial charge on any atom is -0.396 e. The van der Waals surface area contributed by atoms with E-state index in [2.05, 4.69) is 52.0 Å². The molecule has 6 aromatic carbocycles. The van der Waals surface area contributed by atoms with Crippen molar-refractivity contribution in [3.63, 3.8) is 0 Å². The van der Waals surface area contributed by atoms with E-state index in [9.17, 15) is 19.6 Å². The molecule has 0 aliphatic rings. The Hall–Kier alpha value is -4.18. The van der Waals surface area contributed by atoms with E-state index in [1.165, 1.54) is 0 Å². The van der Waals surface area contributed by atoms with E-state index >= 15 is 0 Å². The fraction of sp³-hybridized carbons (Fsp3) is 0.321. The molecule has 0 aliphatic carbocycles. The summed E-state index contributed by atoms with van der Waals surface area (Å²) in [5.74, 6) is 0. The van der Waals surface area contributed by atoms with E-state index in [-0.39, 0.29) is 10.6 Å². The number of rotatable bonds is 16. The van der Waals surface area contributed by atoms with Gasteiger partial charge in [-0.25, -0.2) is 0 Å². The average molecular weight is 909 g/mol. The first-order chi connectivity index (χ1) is 30.0. The van der Waals surface area contributed by atoms with Crippen LogP contribution in [0, 0.1) is 5.41 Å². The third-order valence-corrected chi connectivity index (χ3v) is 16.8. The highest BCUT2D eigenvalue weighted by atomic mass is 31.3. The summed E-state index contributed by atoms with van der Waals surface area (Å²) >= 11 is 0. The second-order valence-electron chi connectivity index (χ2n) is 18.7. The van der Waals surface area contributed by atoms with Gasteiger partial charge in [0.2, 0.25) is 0 Å². The van der Waals surface area contributed by atoms with Crippen molar-refractivity contribution in [2.24, 2.45) is 5.41 Å². The molecule has 0 bridgehead atoms. The summed E-state index contributed by atoms with van der Waals surface area (Å²) in [6, 6.07) is 51.4. The van der Waals surface area contributed by atoms with E-state index in [1.807, 2.05) is 149 Å². The highest BCUT2D eigenvalue weighted by molar-refractivity contribution is 7.80. The molecular weight excluding hydrogens is 843 g/mol. The van der Waals surface area contributed by atoms with Crippen LogP contribution in [0.5, 0.6) is 0 Å². The van der Waals surface area contributed by atoms with Gasteiger partial charge in [0.1, 0.15) is 0 Å². The Bertz CT molecular complexity index is 2240. The number of aliphatic hydroxyl groups is 4. The second-order valence-corrected chi connectivity index (χ2v) is 22.5. The molecule has 0 amide bonds. The van der Waals surface area contributed by atoms with E-state index in [1.54, 1.807) is 12.1 Å². The number of aliphatic hydroxyl groups excluding tert-OH is 4. The lowest BCUT2D eigenvalue weighted by molar-refractivity contribution is -0.0328. The Kier molecular flexibility index (Phi) is 16.0. The van der Waals surface area contributed by atoms with Gasteiger partial charge in [-0.3, -0.25) is 0 Å². The van der Waals surface area contributed by atoms with Gasteiger partial charge in [0.15, 0.2) is 10.6 Å². The maximum Gasteiger partial charge on any atom is 0.497 e. The lowest BCUT2D eigenvalue weighted by atomic mass is 9.73. The summed E-state index contributed by atoms with van der Waals surface area (Å²) in [5, 5.41) is 34.2. The molecule has 0 atom stereocenters. The van der Waals surface area contributed by atoms with Crippen LogP contribution in [-0.4, -0.2) is 66.4 Å². The fourth-order valence-corrected chi connectivity index (χ4v) is 11.8. The molecular formula is C53H66O9P2+2. The molecule has 9 nitrogen and oxygen atoms in total. The minimum absolute atomic E-state index is 0.132. The van der Waals surface area contributed by atoms with Crippen LogP contribution >= 0.6 is 15.9 Å². The van der Waals surface area contributed by atoms with Crippen LogP contribution in [0.1, 0.15) is 99.9 Å². The smallest absolute Gasteiger partial charge is 0.396 e. The fourth-order valence-electron chi connectivity index (χ4n) is 7.97. The number of hydrogen-bond donors (Lipinski definition) is 8. The quantitative estimate of drug-likeness (QED) is 0.0445. The minimum atomic E-state index is -4.67. The van der Waals surface area contributed by atoms with Gasteiger partial charge in [0, 0.05) is 37.1 Å². The third kappa shape index (κ3) is 10.7. The zero-order chi connectivity index (χ0) is 47.2. The monoisotopic (exact) mass is 908 g/mol. The zero-order valence-corrected chi connectivity index (χ0v) is 40.0. The lowest BCUT2D eigenvalue weighted by Crippen LogP contribution is -2.37. The van der Waals surface area contributed by atoms with Gasteiger partial charge in [-0.15, -0.1) is 0 Å². The van der Waals surface area contributed by atoms with Gasteiger partial charge in [-0.05, 0) is 57.6 Å². The summed E-state index contributed by atoms with van der Waals surface area (Å²) in [7, 11) is -9.33. The van der Waals surface area contributed by atoms with Crippen LogP contribution in [-0.2, 0) is 26.0 Å². The van der Waals surface area contributed by atoms with Crippen LogP contribution in [0.4, 0.5) is 0 Å². The van der Waals surface area contributed by atoms with Gasteiger partial charge < -0.3 is 20.4 Å². The second kappa shape index (κ2) is 20.1. The molecule has 0 unspecified atom stereocenters.